The molecule has 0 aromatic heterocycles. The SMILES string of the molecule is CCOc1cc(C)ccc1CNC(=NC)NCc1cccc(CS(=O)(=O)NC)c1.I. The lowest BCUT2D eigenvalue weighted by atomic mass is 10.1. The number of guanidine groups is 1. The molecule has 0 bridgehead atoms. The van der Waals surface area contributed by atoms with Gasteiger partial charge in [0.15, 0.2) is 5.96 Å². The quantitative estimate of drug-likeness (QED) is 0.256. The van der Waals surface area contributed by atoms with Crippen LogP contribution in [0, 0.1) is 6.92 Å². The van der Waals surface area contributed by atoms with E-state index in [1.165, 1.54) is 7.05 Å². The van der Waals surface area contributed by atoms with Crippen LogP contribution in [-0.4, -0.2) is 35.1 Å². The van der Waals surface area contributed by atoms with E-state index in [9.17, 15) is 8.42 Å². The number of aliphatic imine (C=N–C) groups is 1. The summed E-state index contributed by atoms with van der Waals surface area (Å²) in [5, 5.41) is 6.55. The predicted octanol–water partition coefficient (Wildman–Crippen LogP) is 2.93. The van der Waals surface area contributed by atoms with Gasteiger partial charge in [0, 0.05) is 25.7 Å². The van der Waals surface area contributed by atoms with Gasteiger partial charge in [-0.15, -0.1) is 24.0 Å². The van der Waals surface area contributed by atoms with E-state index in [-0.39, 0.29) is 29.7 Å². The molecule has 0 aliphatic rings. The zero-order valence-corrected chi connectivity index (χ0v) is 21.0. The van der Waals surface area contributed by atoms with Crippen LogP contribution in [0.5, 0.6) is 5.75 Å². The van der Waals surface area contributed by atoms with Crippen LogP contribution in [0.4, 0.5) is 0 Å². The molecular formula is C21H31IN4O3S. The van der Waals surface area contributed by atoms with Gasteiger partial charge in [0.05, 0.1) is 12.4 Å². The molecule has 2 aromatic carbocycles. The Morgan fingerprint density at radius 3 is 2.43 bits per heavy atom. The van der Waals surface area contributed by atoms with Crippen LogP contribution in [0.25, 0.3) is 0 Å². The zero-order chi connectivity index (χ0) is 21.3. The number of halogens is 1. The van der Waals surface area contributed by atoms with Gasteiger partial charge in [-0.05, 0) is 43.7 Å². The second-order valence-electron chi connectivity index (χ2n) is 6.61. The maximum absolute atomic E-state index is 11.7. The lowest BCUT2D eigenvalue weighted by Crippen LogP contribution is -2.36. The highest BCUT2D eigenvalue weighted by Crippen LogP contribution is 2.20. The van der Waals surface area contributed by atoms with Gasteiger partial charge in [0.2, 0.25) is 10.0 Å². The molecule has 0 aliphatic carbocycles. The lowest BCUT2D eigenvalue weighted by Gasteiger charge is -2.15. The number of nitrogens with zero attached hydrogens (tertiary/aromatic N) is 1. The third-order valence-corrected chi connectivity index (χ3v) is 5.65. The molecule has 0 radical (unpaired) electrons. The molecular weight excluding hydrogens is 515 g/mol. The van der Waals surface area contributed by atoms with E-state index in [4.69, 9.17) is 4.74 Å². The van der Waals surface area contributed by atoms with E-state index in [0.29, 0.717) is 25.7 Å². The maximum atomic E-state index is 11.7. The Balaban J connectivity index is 0.00000450. The van der Waals surface area contributed by atoms with Gasteiger partial charge in [-0.1, -0.05) is 36.4 Å². The predicted molar refractivity (Wildman–Crippen MR) is 133 cm³/mol. The lowest BCUT2D eigenvalue weighted by molar-refractivity contribution is 0.336. The Labute approximate surface area is 196 Å². The van der Waals surface area contributed by atoms with Crippen LogP contribution < -0.4 is 20.1 Å². The molecule has 2 rings (SSSR count). The minimum Gasteiger partial charge on any atom is -0.494 e. The first kappa shape index (κ1) is 26.2. The number of ether oxygens (including phenoxy) is 1. The van der Waals surface area contributed by atoms with Crippen LogP contribution in [0.1, 0.15) is 29.2 Å². The Kier molecular flexibility index (Phi) is 11.1. The smallest absolute Gasteiger partial charge is 0.215 e. The van der Waals surface area contributed by atoms with Gasteiger partial charge >= 0.3 is 0 Å². The molecule has 0 saturated carbocycles. The summed E-state index contributed by atoms with van der Waals surface area (Å²) in [6.45, 7) is 5.73. The highest BCUT2D eigenvalue weighted by molar-refractivity contribution is 14.0. The number of hydrogen-bond donors (Lipinski definition) is 3. The summed E-state index contributed by atoms with van der Waals surface area (Å²) in [7, 11) is -0.165. The fraction of sp³-hybridized carbons (Fsp3) is 0.381. The largest absolute Gasteiger partial charge is 0.494 e. The Morgan fingerprint density at radius 1 is 1.07 bits per heavy atom. The van der Waals surface area contributed by atoms with Crippen molar-refractivity contribution in [3.8, 4) is 5.75 Å². The summed E-state index contributed by atoms with van der Waals surface area (Å²) in [6.07, 6.45) is 0. The van der Waals surface area contributed by atoms with Crippen molar-refractivity contribution in [2.45, 2.75) is 32.7 Å². The number of rotatable bonds is 9. The molecule has 0 unspecified atom stereocenters. The number of hydrogen-bond acceptors (Lipinski definition) is 4. The van der Waals surface area contributed by atoms with E-state index < -0.39 is 10.0 Å². The summed E-state index contributed by atoms with van der Waals surface area (Å²) in [5.41, 5.74) is 3.92. The van der Waals surface area contributed by atoms with E-state index in [0.717, 1.165) is 28.0 Å². The van der Waals surface area contributed by atoms with Crippen LogP contribution >= 0.6 is 24.0 Å². The topological polar surface area (TPSA) is 91.8 Å². The van der Waals surface area contributed by atoms with Crippen molar-refractivity contribution in [3.63, 3.8) is 0 Å². The monoisotopic (exact) mass is 546 g/mol. The molecule has 30 heavy (non-hydrogen) atoms. The van der Waals surface area contributed by atoms with Crippen LogP contribution in [-0.2, 0) is 28.9 Å². The van der Waals surface area contributed by atoms with Crippen molar-refractivity contribution in [2.75, 3.05) is 20.7 Å². The Morgan fingerprint density at radius 2 is 1.77 bits per heavy atom. The summed E-state index contributed by atoms with van der Waals surface area (Å²) in [6, 6.07) is 13.6. The van der Waals surface area contributed by atoms with Gasteiger partial charge in [-0.2, -0.15) is 0 Å². The summed E-state index contributed by atoms with van der Waals surface area (Å²) in [5.74, 6) is 1.48. The highest BCUT2D eigenvalue weighted by atomic mass is 127. The molecule has 9 heteroatoms. The molecule has 0 aliphatic heterocycles. The third kappa shape index (κ3) is 8.49. The number of sulfonamides is 1. The van der Waals surface area contributed by atoms with E-state index in [1.54, 1.807) is 13.1 Å². The van der Waals surface area contributed by atoms with Crippen LogP contribution in [0.15, 0.2) is 47.5 Å². The van der Waals surface area contributed by atoms with Crippen LogP contribution in [0.3, 0.4) is 0 Å². The molecule has 0 atom stereocenters. The Hall–Kier alpha value is -1.85. The Bertz CT molecular complexity index is 949. The van der Waals surface area contributed by atoms with E-state index in [2.05, 4.69) is 26.4 Å². The fourth-order valence-electron chi connectivity index (χ4n) is 2.80. The molecule has 7 nitrogen and oxygen atoms in total. The first-order chi connectivity index (χ1) is 13.9. The molecule has 0 fully saturated rings. The summed E-state index contributed by atoms with van der Waals surface area (Å²) >= 11 is 0. The summed E-state index contributed by atoms with van der Waals surface area (Å²) < 4.78 is 31.5. The summed E-state index contributed by atoms with van der Waals surface area (Å²) in [4.78, 5) is 4.25. The van der Waals surface area contributed by atoms with Gasteiger partial charge in [0.25, 0.3) is 0 Å². The van der Waals surface area contributed by atoms with Crippen molar-refractivity contribution in [3.05, 3.63) is 64.7 Å². The van der Waals surface area contributed by atoms with Crippen LogP contribution in [0.2, 0.25) is 0 Å². The standard InChI is InChI=1S/C21H30N4O3S.HI/c1-5-28-20-11-16(2)9-10-19(20)14-25-21(22-3)24-13-17-7-6-8-18(12-17)15-29(26,27)23-4;/h6-12,23H,5,13-15H2,1-4H3,(H2,22,24,25);1H. The fourth-order valence-corrected chi connectivity index (χ4v) is 3.57. The van der Waals surface area contributed by atoms with Gasteiger partial charge in [-0.3, -0.25) is 4.99 Å². The first-order valence-electron chi connectivity index (χ1n) is 9.52. The van der Waals surface area contributed by atoms with Crippen molar-refractivity contribution < 1.29 is 13.2 Å². The van der Waals surface area contributed by atoms with Crippen molar-refractivity contribution in [2.24, 2.45) is 4.99 Å². The average Bonchev–Trinajstić information content (AvgIpc) is 2.69. The minimum absolute atomic E-state index is 0. The second kappa shape index (κ2) is 12.8. The number of aryl methyl sites for hydroxylation is 1. The minimum atomic E-state index is -3.29. The van der Waals surface area contributed by atoms with Gasteiger partial charge in [-0.25, -0.2) is 13.1 Å². The molecule has 3 N–H and O–H groups in total. The first-order valence-corrected chi connectivity index (χ1v) is 11.2. The second-order valence-corrected chi connectivity index (χ2v) is 8.53. The zero-order valence-electron chi connectivity index (χ0n) is 17.9. The van der Waals surface area contributed by atoms with E-state index >= 15 is 0 Å². The maximum Gasteiger partial charge on any atom is 0.215 e. The molecule has 0 amide bonds. The molecule has 2 aromatic rings. The van der Waals surface area contributed by atoms with Crippen molar-refractivity contribution in [1.29, 1.82) is 0 Å². The van der Waals surface area contributed by atoms with Gasteiger partial charge < -0.3 is 15.4 Å². The number of nitrogens with one attached hydrogen (secondary N) is 3. The highest BCUT2D eigenvalue weighted by Gasteiger charge is 2.09. The number of benzene rings is 2. The molecule has 0 spiro atoms. The molecule has 166 valence electrons. The molecule has 0 saturated heterocycles. The third-order valence-electron chi connectivity index (χ3n) is 4.31. The van der Waals surface area contributed by atoms with Crippen molar-refractivity contribution in [1.82, 2.24) is 15.4 Å². The van der Waals surface area contributed by atoms with E-state index in [1.807, 2.05) is 44.2 Å². The molecule has 0 heterocycles. The normalized spacial score (nSPS) is 11.5. The average molecular weight is 546 g/mol. The van der Waals surface area contributed by atoms with Gasteiger partial charge in [0.1, 0.15) is 5.75 Å². The van der Waals surface area contributed by atoms with Crippen molar-refractivity contribution >= 4 is 40.0 Å².